The monoisotopic (exact) mass is 280 g/mol. The van der Waals surface area contributed by atoms with E-state index in [9.17, 15) is 4.79 Å². The fraction of sp³-hybridized carbons (Fsp3) is 0.500. The normalized spacial score (nSPS) is 23.1. The van der Waals surface area contributed by atoms with Crippen molar-refractivity contribution in [3.05, 3.63) is 28.8 Å². The van der Waals surface area contributed by atoms with Gasteiger partial charge in [-0.15, -0.1) is 0 Å². The number of likely N-dealkylation sites (N-methyl/N-ethyl adjacent to an activating group) is 1. The van der Waals surface area contributed by atoms with Crippen LogP contribution in [0.2, 0.25) is 5.02 Å². The van der Waals surface area contributed by atoms with E-state index < -0.39 is 0 Å². The highest BCUT2D eigenvalue weighted by molar-refractivity contribution is 6.30. The van der Waals surface area contributed by atoms with Crippen LogP contribution in [0, 0.1) is 0 Å². The van der Waals surface area contributed by atoms with Crippen LogP contribution in [-0.4, -0.2) is 55.0 Å². The van der Waals surface area contributed by atoms with Crippen molar-refractivity contribution in [1.29, 1.82) is 0 Å². The lowest BCUT2D eigenvalue weighted by Crippen LogP contribution is -2.51. The molecule has 0 bridgehead atoms. The first-order valence-corrected chi connectivity index (χ1v) is 6.94. The highest BCUT2D eigenvalue weighted by Gasteiger charge is 2.33. The lowest BCUT2D eigenvalue weighted by molar-refractivity contribution is -0.139. The molecule has 1 aromatic rings. The molecule has 102 valence electrons. The number of carbonyl (C=O) groups is 1. The smallest absolute Gasteiger partial charge is 0.264 e. The Labute approximate surface area is 117 Å². The van der Waals surface area contributed by atoms with Crippen LogP contribution in [0.4, 0.5) is 0 Å². The van der Waals surface area contributed by atoms with Crippen molar-refractivity contribution in [2.24, 2.45) is 0 Å². The van der Waals surface area contributed by atoms with Crippen LogP contribution in [0.3, 0.4) is 0 Å². The zero-order chi connectivity index (χ0) is 13.4. The highest BCUT2D eigenvalue weighted by atomic mass is 35.5. The number of halogens is 1. The zero-order valence-electron chi connectivity index (χ0n) is 10.9. The molecule has 1 saturated heterocycles. The number of amides is 1. The van der Waals surface area contributed by atoms with Gasteiger partial charge in [0.1, 0.15) is 5.75 Å². The predicted octanol–water partition coefficient (Wildman–Crippen LogP) is 1.42. The Kier molecular flexibility index (Phi) is 3.37. The molecule has 1 unspecified atom stereocenters. The van der Waals surface area contributed by atoms with E-state index in [4.69, 9.17) is 16.3 Å². The van der Waals surface area contributed by atoms with E-state index in [0.29, 0.717) is 11.4 Å². The molecule has 0 aliphatic carbocycles. The maximum Gasteiger partial charge on any atom is 0.264 e. The van der Waals surface area contributed by atoms with Crippen molar-refractivity contribution >= 4 is 17.5 Å². The standard InChI is InChI=1S/C14H17ClN2O2/c1-16-4-6-17(7-5-16)14(18)13-9-10-8-11(15)2-3-12(10)19-13/h2-3,8,13H,4-7,9H2,1H3. The number of fused-ring (bicyclic) bond motifs is 1. The second kappa shape index (κ2) is 5.02. The van der Waals surface area contributed by atoms with Gasteiger partial charge in [0, 0.05) is 37.6 Å². The lowest BCUT2D eigenvalue weighted by Gasteiger charge is -2.33. The van der Waals surface area contributed by atoms with E-state index in [0.717, 1.165) is 37.5 Å². The van der Waals surface area contributed by atoms with Gasteiger partial charge in [-0.2, -0.15) is 0 Å². The van der Waals surface area contributed by atoms with E-state index in [1.165, 1.54) is 0 Å². The zero-order valence-corrected chi connectivity index (χ0v) is 11.7. The Morgan fingerprint density at radius 2 is 2.05 bits per heavy atom. The summed E-state index contributed by atoms with van der Waals surface area (Å²) in [5.41, 5.74) is 1.03. The molecule has 2 aliphatic heterocycles. The SMILES string of the molecule is CN1CCN(C(=O)C2Cc3cc(Cl)ccc3O2)CC1. The van der Waals surface area contributed by atoms with Gasteiger partial charge in [0.25, 0.3) is 5.91 Å². The molecule has 0 N–H and O–H groups in total. The van der Waals surface area contributed by atoms with Gasteiger partial charge >= 0.3 is 0 Å². The van der Waals surface area contributed by atoms with Crippen LogP contribution < -0.4 is 4.74 Å². The van der Waals surface area contributed by atoms with Crippen LogP contribution in [0.5, 0.6) is 5.75 Å². The average molecular weight is 281 g/mol. The third-order valence-corrected chi connectivity index (χ3v) is 4.02. The van der Waals surface area contributed by atoms with E-state index in [2.05, 4.69) is 11.9 Å². The first-order chi connectivity index (χ1) is 9.13. The number of nitrogens with zero attached hydrogens (tertiary/aromatic N) is 2. The summed E-state index contributed by atoms with van der Waals surface area (Å²) in [7, 11) is 2.08. The molecule has 1 aromatic carbocycles. The maximum absolute atomic E-state index is 12.4. The van der Waals surface area contributed by atoms with E-state index in [-0.39, 0.29) is 12.0 Å². The van der Waals surface area contributed by atoms with E-state index in [1.807, 2.05) is 17.0 Å². The summed E-state index contributed by atoms with van der Waals surface area (Å²) in [6, 6.07) is 5.52. The number of piperazine rings is 1. The number of hydrogen-bond acceptors (Lipinski definition) is 3. The molecule has 0 aromatic heterocycles. The summed E-state index contributed by atoms with van der Waals surface area (Å²) >= 11 is 5.96. The third-order valence-electron chi connectivity index (χ3n) is 3.79. The van der Waals surface area contributed by atoms with Crippen molar-refractivity contribution in [3.63, 3.8) is 0 Å². The summed E-state index contributed by atoms with van der Waals surface area (Å²) < 4.78 is 5.74. The topological polar surface area (TPSA) is 32.8 Å². The van der Waals surface area contributed by atoms with E-state index in [1.54, 1.807) is 6.07 Å². The van der Waals surface area contributed by atoms with Gasteiger partial charge in [0.05, 0.1) is 0 Å². The predicted molar refractivity (Wildman–Crippen MR) is 73.6 cm³/mol. The maximum atomic E-state index is 12.4. The van der Waals surface area contributed by atoms with Crippen LogP contribution in [0.15, 0.2) is 18.2 Å². The quantitative estimate of drug-likeness (QED) is 0.780. The highest BCUT2D eigenvalue weighted by Crippen LogP contribution is 2.31. The second-order valence-electron chi connectivity index (χ2n) is 5.19. The molecule has 3 rings (SSSR count). The molecule has 0 spiro atoms. The molecule has 1 fully saturated rings. The van der Waals surface area contributed by atoms with Crippen LogP contribution in [0.25, 0.3) is 0 Å². The number of benzene rings is 1. The fourth-order valence-electron chi connectivity index (χ4n) is 2.59. The Morgan fingerprint density at radius 3 is 2.79 bits per heavy atom. The Morgan fingerprint density at radius 1 is 1.32 bits per heavy atom. The Balaban J connectivity index is 1.67. The molecular formula is C14H17ClN2O2. The summed E-state index contributed by atoms with van der Waals surface area (Å²) in [4.78, 5) is 16.5. The van der Waals surface area contributed by atoms with Gasteiger partial charge in [-0.3, -0.25) is 4.79 Å². The Hall–Kier alpha value is -1.26. The van der Waals surface area contributed by atoms with Crippen LogP contribution >= 0.6 is 11.6 Å². The summed E-state index contributed by atoms with van der Waals surface area (Å²) in [5.74, 6) is 0.886. The molecule has 2 heterocycles. The number of ether oxygens (including phenoxy) is 1. The number of hydrogen-bond donors (Lipinski definition) is 0. The lowest BCUT2D eigenvalue weighted by atomic mass is 10.1. The van der Waals surface area contributed by atoms with Crippen molar-refractivity contribution in [2.45, 2.75) is 12.5 Å². The molecule has 4 nitrogen and oxygen atoms in total. The van der Waals surface area contributed by atoms with Crippen molar-refractivity contribution < 1.29 is 9.53 Å². The summed E-state index contributed by atoms with van der Waals surface area (Å²) in [6.07, 6.45) is 0.248. The van der Waals surface area contributed by atoms with Gasteiger partial charge in [0.2, 0.25) is 0 Å². The Bertz CT molecular complexity index is 498. The molecule has 0 radical (unpaired) electrons. The van der Waals surface area contributed by atoms with Gasteiger partial charge in [-0.05, 0) is 30.8 Å². The minimum atomic E-state index is -0.378. The van der Waals surface area contributed by atoms with Gasteiger partial charge in [-0.1, -0.05) is 11.6 Å². The van der Waals surface area contributed by atoms with Crippen LogP contribution in [0.1, 0.15) is 5.56 Å². The first kappa shape index (κ1) is 12.8. The fourth-order valence-corrected chi connectivity index (χ4v) is 2.78. The van der Waals surface area contributed by atoms with Crippen LogP contribution in [-0.2, 0) is 11.2 Å². The molecule has 1 amide bonds. The largest absolute Gasteiger partial charge is 0.480 e. The second-order valence-corrected chi connectivity index (χ2v) is 5.63. The summed E-state index contributed by atoms with van der Waals surface area (Å²) in [6.45, 7) is 3.42. The first-order valence-electron chi connectivity index (χ1n) is 6.56. The summed E-state index contributed by atoms with van der Waals surface area (Å²) in [5, 5.41) is 0.690. The average Bonchev–Trinajstić information content (AvgIpc) is 2.81. The number of rotatable bonds is 1. The molecular weight excluding hydrogens is 264 g/mol. The van der Waals surface area contributed by atoms with E-state index >= 15 is 0 Å². The molecule has 0 saturated carbocycles. The molecule has 19 heavy (non-hydrogen) atoms. The van der Waals surface area contributed by atoms with Gasteiger partial charge in [-0.25, -0.2) is 0 Å². The van der Waals surface area contributed by atoms with Crippen molar-refractivity contribution in [3.8, 4) is 5.75 Å². The van der Waals surface area contributed by atoms with Crippen molar-refractivity contribution in [1.82, 2.24) is 9.80 Å². The van der Waals surface area contributed by atoms with Gasteiger partial charge in [0.15, 0.2) is 6.10 Å². The minimum absolute atomic E-state index is 0.0976. The number of carbonyl (C=O) groups excluding carboxylic acids is 1. The third kappa shape index (κ3) is 2.55. The molecule has 2 aliphatic rings. The van der Waals surface area contributed by atoms with Crippen molar-refractivity contribution in [2.75, 3.05) is 33.2 Å². The van der Waals surface area contributed by atoms with Gasteiger partial charge < -0.3 is 14.5 Å². The molecule has 5 heteroatoms. The minimum Gasteiger partial charge on any atom is -0.480 e. The molecule has 1 atom stereocenters.